The predicted molar refractivity (Wildman–Crippen MR) is 119 cm³/mol. The number of aromatic amines is 1. The molecule has 152 valence electrons. The molecule has 0 saturated heterocycles. The van der Waals surface area contributed by atoms with Crippen LogP contribution in [0.5, 0.6) is 0 Å². The van der Waals surface area contributed by atoms with Crippen LogP contribution in [0.3, 0.4) is 0 Å². The number of nitrogens with zero attached hydrogens (tertiary/aromatic N) is 1. The van der Waals surface area contributed by atoms with E-state index >= 15 is 0 Å². The first-order valence-corrected chi connectivity index (χ1v) is 10.6. The number of fused-ring (bicyclic) bond motifs is 3. The Bertz CT molecular complexity index is 1030. The summed E-state index contributed by atoms with van der Waals surface area (Å²) >= 11 is 6.24. The lowest BCUT2D eigenvalue weighted by molar-refractivity contribution is 0.0656. The van der Waals surface area contributed by atoms with Crippen molar-refractivity contribution in [3.63, 3.8) is 0 Å². The summed E-state index contributed by atoms with van der Waals surface area (Å²) in [4.78, 5) is 19.0. The van der Waals surface area contributed by atoms with E-state index in [1.807, 2.05) is 41.3 Å². The minimum atomic E-state index is -0.0748. The molecule has 0 fully saturated rings. The number of hydrogen-bond acceptors (Lipinski definition) is 3. The summed E-state index contributed by atoms with van der Waals surface area (Å²) in [7, 11) is 0. The number of halogens is 1. The van der Waals surface area contributed by atoms with Crippen LogP contribution in [0.4, 0.5) is 0 Å². The average molecular weight is 411 g/mol. The Morgan fingerprint density at radius 1 is 1.31 bits per heavy atom. The first-order chi connectivity index (χ1) is 14.1. The number of nitrogens with two attached hydrogens (primary N) is 1. The van der Waals surface area contributed by atoms with Crippen LogP contribution in [0.1, 0.15) is 40.1 Å². The van der Waals surface area contributed by atoms with E-state index < -0.39 is 0 Å². The van der Waals surface area contributed by atoms with Crippen molar-refractivity contribution in [3.8, 4) is 0 Å². The molecule has 1 aromatic heterocycles. The van der Waals surface area contributed by atoms with Gasteiger partial charge in [-0.15, -0.1) is 0 Å². The highest BCUT2D eigenvalue weighted by atomic mass is 35.5. The molecule has 0 radical (unpaired) electrons. The summed E-state index contributed by atoms with van der Waals surface area (Å²) in [6.45, 7) is 4.71. The third-order valence-corrected chi connectivity index (χ3v) is 5.95. The molecule has 6 heteroatoms. The fourth-order valence-corrected chi connectivity index (χ4v) is 4.40. The van der Waals surface area contributed by atoms with Gasteiger partial charge in [-0.05, 0) is 54.3 Å². The van der Waals surface area contributed by atoms with Gasteiger partial charge < -0.3 is 20.9 Å². The van der Waals surface area contributed by atoms with Crippen molar-refractivity contribution in [2.45, 2.75) is 25.8 Å². The molecule has 4 rings (SSSR count). The smallest absolute Gasteiger partial charge is 0.254 e. The van der Waals surface area contributed by atoms with Gasteiger partial charge >= 0.3 is 0 Å². The van der Waals surface area contributed by atoms with Crippen molar-refractivity contribution in [1.82, 2.24) is 15.2 Å². The van der Waals surface area contributed by atoms with Gasteiger partial charge in [0, 0.05) is 53.4 Å². The number of aromatic nitrogens is 1. The molecule has 0 spiro atoms. The van der Waals surface area contributed by atoms with Crippen molar-refractivity contribution in [1.29, 1.82) is 0 Å². The third-order valence-electron chi connectivity index (χ3n) is 5.72. The number of carbonyl (C=O) groups excluding carboxylic acids is 1. The highest BCUT2D eigenvalue weighted by Crippen LogP contribution is 2.36. The summed E-state index contributed by atoms with van der Waals surface area (Å²) < 4.78 is 0. The van der Waals surface area contributed by atoms with Crippen LogP contribution in [0.2, 0.25) is 5.02 Å². The molecule has 1 unspecified atom stereocenters. The standard InChI is InChI=1S/C23H27ClN4O/c1-2-15-4-3-5-16(12-15)23(29)28-11-8-18-19-13-17(24)6-7-20(19)27-22(18)21(28)14-26-10-9-25/h3-7,12-13,21,26-27H,2,8-11,14,25H2,1H3. The van der Waals surface area contributed by atoms with E-state index in [1.165, 1.54) is 11.1 Å². The predicted octanol–water partition coefficient (Wildman–Crippen LogP) is 3.67. The number of carbonyl (C=O) groups is 1. The van der Waals surface area contributed by atoms with E-state index in [0.717, 1.165) is 40.0 Å². The molecule has 2 aromatic carbocycles. The fraction of sp³-hybridized carbons (Fsp3) is 0.348. The molecule has 4 N–H and O–H groups in total. The zero-order valence-corrected chi connectivity index (χ0v) is 17.4. The molecule has 1 atom stereocenters. The van der Waals surface area contributed by atoms with Gasteiger partial charge in [-0.3, -0.25) is 4.79 Å². The van der Waals surface area contributed by atoms with E-state index in [-0.39, 0.29) is 11.9 Å². The maximum atomic E-state index is 13.4. The van der Waals surface area contributed by atoms with Crippen LogP contribution >= 0.6 is 11.6 Å². The molecule has 1 amide bonds. The molecule has 29 heavy (non-hydrogen) atoms. The lowest BCUT2D eigenvalue weighted by Crippen LogP contribution is -2.44. The van der Waals surface area contributed by atoms with Crippen molar-refractivity contribution in [2.75, 3.05) is 26.2 Å². The third kappa shape index (κ3) is 3.90. The van der Waals surface area contributed by atoms with Gasteiger partial charge in [-0.1, -0.05) is 30.7 Å². The monoisotopic (exact) mass is 410 g/mol. The lowest BCUT2D eigenvalue weighted by Gasteiger charge is -2.36. The van der Waals surface area contributed by atoms with E-state index in [2.05, 4.69) is 23.3 Å². The maximum Gasteiger partial charge on any atom is 0.254 e. The van der Waals surface area contributed by atoms with Gasteiger partial charge in [0.25, 0.3) is 5.91 Å². The average Bonchev–Trinajstić information content (AvgIpc) is 3.11. The Kier molecular flexibility index (Phi) is 5.90. The summed E-state index contributed by atoms with van der Waals surface area (Å²) in [5.74, 6) is 0.0715. The number of nitrogens with one attached hydrogen (secondary N) is 2. The molecule has 1 aliphatic rings. The summed E-state index contributed by atoms with van der Waals surface area (Å²) in [5, 5.41) is 5.27. The molecule has 5 nitrogen and oxygen atoms in total. The van der Waals surface area contributed by atoms with E-state index in [1.54, 1.807) is 0 Å². The Hall–Kier alpha value is -2.34. The lowest BCUT2D eigenvalue weighted by atomic mass is 9.96. The Morgan fingerprint density at radius 2 is 2.17 bits per heavy atom. The molecular weight excluding hydrogens is 384 g/mol. The van der Waals surface area contributed by atoms with Gasteiger partial charge in [0.1, 0.15) is 0 Å². The maximum absolute atomic E-state index is 13.4. The summed E-state index contributed by atoms with van der Waals surface area (Å²) in [6.07, 6.45) is 1.72. The van der Waals surface area contributed by atoms with Gasteiger partial charge in [-0.25, -0.2) is 0 Å². The second-order valence-electron chi connectivity index (χ2n) is 7.52. The van der Waals surface area contributed by atoms with Crippen LogP contribution in [-0.2, 0) is 12.8 Å². The summed E-state index contributed by atoms with van der Waals surface area (Å²) in [5.41, 5.74) is 11.0. The number of aryl methyl sites for hydroxylation is 1. The molecule has 0 bridgehead atoms. The fourth-order valence-electron chi connectivity index (χ4n) is 4.22. The number of rotatable bonds is 6. The highest BCUT2D eigenvalue weighted by Gasteiger charge is 2.33. The van der Waals surface area contributed by atoms with Crippen LogP contribution in [0.25, 0.3) is 10.9 Å². The molecule has 3 aromatic rings. The number of H-pyrrole nitrogens is 1. The second kappa shape index (κ2) is 8.57. The second-order valence-corrected chi connectivity index (χ2v) is 7.95. The first-order valence-electron chi connectivity index (χ1n) is 10.2. The first kappa shape index (κ1) is 20.0. The Balaban J connectivity index is 1.72. The van der Waals surface area contributed by atoms with Crippen molar-refractivity contribution in [2.24, 2.45) is 5.73 Å². The van der Waals surface area contributed by atoms with Crippen molar-refractivity contribution >= 4 is 28.4 Å². The van der Waals surface area contributed by atoms with E-state index in [4.69, 9.17) is 17.3 Å². The van der Waals surface area contributed by atoms with E-state index in [0.29, 0.717) is 26.2 Å². The Morgan fingerprint density at radius 3 is 2.97 bits per heavy atom. The van der Waals surface area contributed by atoms with Gasteiger partial charge in [-0.2, -0.15) is 0 Å². The van der Waals surface area contributed by atoms with Gasteiger partial charge in [0.15, 0.2) is 0 Å². The molecule has 1 aliphatic heterocycles. The highest BCUT2D eigenvalue weighted by molar-refractivity contribution is 6.31. The minimum absolute atomic E-state index is 0.0715. The minimum Gasteiger partial charge on any atom is -0.356 e. The van der Waals surface area contributed by atoms with Crippen molar-refractivity contribution in [3.05, 3.63) is 69.9 Å². The zero-order valence-electron chi connectivity index (χ0n) is 16.7. The molecule has 0 aliphatic carbocycles. The summed E-state index contributed by atoms with van der Waals surface area (Å²) in [6, 6.07) is 13.8. The van der Waals surface area contributed by atoms with E-state index in [9.17, 15) is 4.79 Å². The zero-order chi connectivity index (χ0) is 20.4. The number of hydrogen-bond donors (Lipinski definition) is 3. The van der Waals surface area contributed by atoms with Crippen molar-refractivity contribution < 1.29 is 4.79 Å². The van der Waals surface area contributed by atoms with Crippen LogP contribution in [-0.4, -0.2) is 42.0 Å². The molecule has 0 saturated carbocycles. The largest absolute Gasteiger partial charge is 0.356 e. The molecular formula is C23H27ClN4O. The Labute approximate surface area is 176 Å². The number of amides is 1. The van der Waals surface area contributed by atoms with Crippen LogP contribution in [0, 0.1) is 0 Å². The van der Waals surface area contributed by atoms with Gasteiger partial charge in [0.2, 0.25) is 0 Å². The topological polar surface area (TPSA) is 74.2 Å². The number of benzene rings is 2. The molecule has 2 heterocycles. The van der Waals surface area contributed by atoms with Crippen LogP contribution < -0.4 is 11.1 Å². The normalized spacial score (nSPS) is 16.2. The SMILES string of the molecule is CCc1cccc(C(=O)N2CCc3c([nH]c4ccc(Cl)cc34)C2CNCCN)c1. The quantitative estimate of drug-likeness (QED) is 0.543. The van der Waals surface area contributed by atoms with Crippen LogP contribution in [0.15, 0.2) is 42.5 Å². The van der Waals surface area contributed by atoms with Gasteiger partial charge in [0.05, 0.1) is 6.04 Å².